The summed E-state index contributed by atoms with van der Waals surface area (Å²) >= 11 is 0. The van der Waals surface area contributed by atoms with Crippen molar-refractivity contribution in [1.82, 2.24) is 10.3 Å². The average Bonchev–Trinajstić information content (AvgIpc) is 2.84. The summed E-state index contributed by atoms with van der Waals surface area (Å²) in [7, 11) is 0. The normalized spacial score (nSPS) is 20.0. The SMILES string of the molecule is CC(C)(C(=O)N[C@@H](CCOC1CC(CCc2ccc3c(n2)NCCC3)C1)C(=O)O)c1ccc(F)cc1. The minimum atomic E-state index is -1.10. The van der Waals surface area contributed by atoms with Crippen LogP contribution in [0.1, 0.15) is 62.8 Å². The van der Waals surface area contributed by atoms with Gasteiger partial charge in [0.25, 0.3) is 0 Å². The maximum absolute atomic E-state index is 13.2. The fraction of sp³-hybridized carbons (Fsp3) is 0.536. The number of carbonyl (C=O) groups is 2. The summed E-state index contributed by atoms with van der Waals surface area (Å²) in [6.45, 7) is 4.64. The second-order valence-corrected chi connectivity index (χ2v) is 10.5. The lowest BCUT2D eigenvalue weighted by atomic mass is 9.79. The Morgan fingerprint density at radius 1 is 1.22 bits per heavy atom. The van der Waals surface area contributed by atoms with Gasteiger partial charge in [0.05, 0.1) is 11.5 Å². The van der Waals surface area contributed by atoms with Crippen molar-refractivity contribution in [3.8, 4) is 0 Å². The number of halogens is 1. The number of ether oxygens (including phenoxy) is 1. The molecule has 0 bridgehead atoms. The van der Waals surface area contributed by atoms with Gasteiger partial charge in [-0.2, -0.15) is 0 Å². The van der Waals surface area contributed by atoms with E-state index in [0.29, 0.717) is 11.5 Å². The van der Waals surface area contributed by atoms with Crippen LogP contribution in [0.5, 0.6) is 0 Å². The zero-order chi connectivity index (χ0) is 25.7. The zero-order valence-electron chi connectivity index (χ0n) is 21.1. The van der Waals surface area contributed by atoms with Crippen LogP contribution in [0.15, 0.2) is 36.4 Å². The van der Waals surface area contributed by atoms with Gasteiger partial charge in [-0.25, -0.2) is 14.2 Å². The van der Waals surface area contributed by atoms with E-state index in [9.17, 15) is 19.1 Å². The van der Waals surface area contributed by atoms with Crippen LogP contribution in [0.2, 0.25) is 0 Å². The summed E-state index contributed by atoms with van der Waals surface area (Å²) in [5, 5.41) is 15.6. The highest BCUT2D eigenvalue weighted by molar-refractivity contribution is 5.90. The molecule has 1 atom stereocenters. The molecule has 3 N–H and O–H groups in total. The molecule has 36 heavy (non-hydrogen) atoms. The first kappa shape index (κ1) is 26.1. The number of benzene rings is 1. The van der Waals surface area contributed by atoms with Crippen LogP contribution >= 0.6 is 0 Å². The Labute approximate surface area is 211 Å². The Kier molecular flexibility index (Phi) is 8.24. The van der Waals surface area contributed by atoms with Crippen molar-refractivity contribution < 1.29 is 23.8 Å². The lowest BCUT2D eigenvalue weighted by Crippen LogP contribution is -2.49. The molecule has 2 heterocycles. The van der Waals surface area contributed by atoms with E-state index in [4.69, 9.17) is 9.72 Å². The highest BCUT2D eigenvalue weighted by Crippen LogP contribution is 2.34. The number of amides is 1. The molecule has 1 amide bonds. The fourth-order valence-corrected chi connectivity index (χ4v) is 4.85. The van der Waals surface area contributed by atoms with Gasteiger partial charge in [-0.15, -0.1) is 0 Å². The minimum absolute atomic E-state index is 0.133. The van der Waals surface area contributed by atoms with Crippen molar-refractivity contribution in [2.45, 2.75) is 76.4 Å². The third-order valence-electron chi connectivity index (χ3n) is 7.45. The molecule has 1 fully saturated rings. The smallest absolute Gasteiger partial charge is 0.326 e. The van der Waals surface area contributed by atoms with E-state index in [-0.39, 0.29) is 24.9 Å². The third kappa shape index (κ3) is 6.40. The maximum atomic E-state index is 13.2. The lowest BCUT2D eigenvalue weighted by molar-refractivity contribution is -0.143. The molecule has 194 valence electrons. The molecule has 1 aliphatic carbocycles. The standard InChI is InChI=1S/C28H36FN3O4/c1-28(2,20-7-9-21(29)10-8-20)27(35)32-24(26(33)34)13-15-36-23-16-18(17-23)5-11-22-12-6-19-4-3-14-30-25(19)31-22/h6-10,12,18,23-24H,3-5,11,13-17H2,1-2H3,(H,30,31)(H,32,35)(H,33,34)/t18?,23?,24-/m0/s1. The van der Waals surface area contributed by atoms with Gasteiger partial charge in [-0.3, -0.25) is 4.79 Å². The molecule has 1 aromatic carbocycles. The summed E-state index contributed by atoms with van der Waals surface area (Å²) in [6.07, 6.45) is 6.51. The van der Waals surface area contributed by atoms with Crippen LogP contribution in [0, 0.1) is 11.7 Å². The summed E-state index contributed by atoms with van der Waals surface area (Å²) in [6, 6.07) is 8.94. The van der Waals surface area contributed by atoms with Crippen molar-refractivity contribution in [1.29, 1.82) is 0 Å². The second kappa shape index (κ2) is 11.4. The Balaban J connectivity index is 1.17. The van der Waals surface area contributed by atoms with E-state index in [1.54, 1.807) is 26.0 Å². The monoisotopic (exact) mass is 497 g/mol. The molecule has 2 aliphatic rings. The van der Waals surface area contributed by atoms with Crippen LogP contribution in [-0.2, 0) is 32.6 Å². The van der Waals surface area contributed by atoms with Gasteiger partial charge in [0.15, 0.2) is 0 Å². The number of rotatable bonds is 11. The molecule has 4 rings (SSSR count). The molecular formula is C28H36FN3O4. The Bertz CT molecular complexity index is 1070. The quantitative estimate of drug-likeness (QED) is 0.429. The number of hydrogen-bond donors (Lipinski definition) is 3. The maximum Gasteiger partial charge on any atom is 0.326 e. The van der Waals surface area contributed by atoms with Crippen LogP contribution in [0.3, 0.4) is 0 Å². The average molecular weight is 498 g/mol. The lowest BCUT2D eigenvalue weighted by Gasteiger charge is -2.35. The summed E-state index contributed by atoms with van der Waals surface area (Å²) in [5.74, 6) is -0.278. The first-order chi connectivity index (χ1) is 17.2. The van der Waals surface area contributed by atoms with Crippen molar-refractivity contribution in [3.05, 3.63) is 59.0 Å². The number of carboxylic acids is 1. The Morgan fingerprint density at radius 3 is 2.69 bits per heavy atom. The highest BCUT2D eigenvalue weighted by Gasteiger charge is 2.34. The van der Waals surface area contributed by atoms with E-state index < -0.39 is 23.3 Å². The fourth-order valence-electron chi connectivity index (χ4n) is 4.85. The molecule has 1 saturated carbocycles. The predicted molar refractivity (Wildman–Crippen MR) is 135 cm³/mol. The number of hydrogen-bond acceptors (Lipinski definition) is 5. The Morgan fingerprint density at radius 2 is 1.97 bits per heavy atom. The number of aromatic nitrogens is 1. The summed E-state index contributed by atoms with van der Waals surface area (Å²) in [5.41, 5.74) is 2.05. The third-order valence-corrected chi connectivity index (χ3v) is 7.45. The number of aliphatic carboxylic acids is 1. The van der Waals surface area contributed by atoms with Gasteiger partial charge < -0.3 is 20.5 Å². The molecule has 7 nitrogen and oxygen atoms in total. The molecule has 0 unspecified atom stereocenters. The second-order valence-electron chi connectivity index (χ2n) is 10.5. The molecule has 8 heteroatoms. The van der Waals surface area contributed by atoms with Crippen molar-refractivity contribution in [2.24, 2.45) is 5.92 Å². The molecule has 0 radical (unpaired) electrons. The van der Waals surface area contributed by atoms with Gasteiger partial charge in [-0.1, -0.05) is 18.2 Å². The topological polar surface area (TPSA) is 101 Å². The molecule has 1 aromatic heterocycles. The van der Waals surface area contributed by atoms with Crippen LogP contribution in [0.25, 0.3) is 0 Å². The van der Waals surface area contributed by atoms with E-state index in [0.717, 1.165) is 56.6 Å². The number of pyridine rings is 1. The van der Waals surface area contributed by atoms with Gasteiger partial charge in [0, 0.05) is 25.3 Å². The van der Waals surface area contributed by atoms with Gasteiger partial charge in [0.2, 0.25) is 5.91 Å². The van der Waals surface area contributed by atoms with E-state index in [2.05, 4.69) is 22.8 Å². The number of carboxylic acid groups (broad SMARTS) is 1. The number of carbonyl (C=O) groups excluding carboxylic acids is 1. The number of fused-ring (bicyclic) bond motifs is 1. The zero-order valence-corrected chi connectivity index (χ0v) is 21.1. The van der Waals surface area contributed by atoms with Crippen LogP contribution in [-0.4, -0.2) is 47.3 Å². The number of aryl methyl sites for hydroxylation is 2. The van der Waals surface area contributed by atoms with E-state index in [1.807, 2.05) is 0 Å². The number of nitrogens with one attached hydrogen (secondary N) is 2. The predicted octanol–water partition coefficient (Wildman–Crippen LogP) is 4.24. The number of anilines is 1. The van der Waals surface area contributed by atoms with Crippen molar-refractivity contribution in [3.63, 3.8) is 0 Å². The molecule has 2 aromatic rings. The first-order valence-electron chi connectivity index (χ1n) is 12.9. The van der Waals surface area contributed by atoms with Crippen LogP contribution in [0.4, 0.5) is 10.2 Å². The van der Waals surface area contributed by atoms with Gasteiger partial charge in [0.1, 0.15) is 17.7 Å². The first-order valence-corrected chi connectivity index (χ1v) is 12.9. The minimum Gasteiger partial charge on any atom is -0.480 e. The summed E-state index contributed by atoms with van der Waals surface area (Å²) in [4.78, 5) is 29.3. The van der Waals surface area contributed by atoms with Crippen molar-refractivity contribution in [2.75, 3.05) is 18.5 Å². The van der Waals surface area contributed by atoms with Gasteiger partial charge >= 0.3 is 5.97 Å². The summed E-state index contributed by atoms with van der Waals surface area (Å²) < 4.78 is 19.1. The van der Waals surface area contributed by atoms with E-state index >= 15 is 0 Å². The Hall–Kier alpha value is -3.00. The molecule has 0 spiro atoms. The molecule has 1 aliphatic heterocycles. The van der Waals surface area contributed by atoms with Gasteiger partial charge in [-0.05, 0) is 87.6 Å². The van der Waals surface area contributed by atoms with E-state index in [1.165, 1.54) is 17.7 Å². The van der Waals surface area contributed by atoms with Crippen molar-refractivity contribution >= 4 is 17.7 Å². The highest BCUT2D eigenvalue weighted by atomic mass is 19.1. The number of nitrogens with zero attached hydrogens (tertiary/aromatic N) is 1. The van der Waals surface area contributed by atoms with Crippen LogP contribution < -0.4 is 10.6 Å². The molecular weight excluding hydrogens is 461 g/mol. The largest absolute Gasteiger partial charge is 0.480 e. The molecule has 0 saturated heterocycles.